The average Bonchev–Trinajstić information content (AvgIpc) is 3.05. The molecule has 1 heterocycles. The molecule has 0 unspecified atom stereocenters. The third-order valence-corrected chi connectivity index (χ3v) is 7.99. The van der Waals surface area contributed by atoms with E-state index in [9.17, 15) is 22.8 Å². The Morgan fingerprint density at radius 1 is 0.826 bits per heavy atom. The number of hydrogen-bond acceptors (Lipinski definition) is 4. The van der Waals surface area contributed by atoms with Crippen LogP contribution < -0.4 is 5.32 Å². The Kier molecular flexibility index (Phi) is 9.82. The van der Waals surface area contributed by atoms with Crippen LogP contribution in [0.25, 0.3) is 22.0 Å². The van der Waals surface area contributed by atoms with Crippen LogP contribution in [0, 0.1) is 0 Å². The zero-order chi connectivity index (χ0) is 32.8. The summed E-state index contributed by atoms with van der Waals surface area (Å²) in [5, 5.41) is 3.71. The number of likely N-dealkylation sites (N-methyl/N-ethyl adjacent to an activating group) is 2. The Bertz CT molecular complexity index is 1820. The molecule has 236 valence electrons. The number of carbonyl (C=O) groups is 2. The standard InChI is InChI=1S/C37H35F3N4O2/c1-4-44(5-2)36(46)34(27-11-7-6-8-12-27)43(3)24-25-15-21-32-28(23-25)18-22-33(41-32)42-35(45)31-14-10-9-13-30(31)26-16-19-29(20-17-26)37(38,39)40/h6-23,34H,4-5,24H2,1-3H3,(H,41,42,45)/t34-/m0/s1. The molecular weight excluding hydrogens is 589 g/mol. The van der Waals surface area contributed by atoms with E-state index in [4.69, 9.17) is 0 Å². The Morgan fingerprint density at radius 3 is 2.17 bits per heavy atom. The van der Waals surface area contributed by atoms with E-state index in [0.29, 0.717) is 47.7 Å². The predicted octanol–water partition coefficient (Wildman–Crippen LogP) is 8.21. The summed E-state index contributed by atoms with van der Waals surface area (Å²) < 4.78 is 39.1. The maximum Gasteiger partial charge on any atom is 0.416 e. The van der Waals surface area contributed by atoms with Gasteiger partial charge in [0.2, 0.25) is 5.91 Å². The minimum Gasteiger partial charge on any atom is -0.342 e. The quantitative estimate of drug-likeness (QED) is 0.170. The largest absolute Gasteiger partial charge is 0.416 e. The lowest BCUT2D eigenvalue weighted by Gasteiger charge is -2.32. The Hall–Kier alpha value is -5.02. The monoisotopic (exact) mass is 624 g/mol. The molecular formula is C37H35F3N4O2. The molecule has 2 amide bonds. The molecule has 0 aliphatic carbocycles. The molecule has 5 aromatic rings. The molecule has 0 bridgehead atoms. The summed E-state index contributed by atoms with van der Waals surface area (Å²) in [5.41, 5.74) is 3.19. The van der Waals surface area contributed by atoms with Crippen molar-refractivity contribution in [1.29, 1.82) is 0 Å². The van der Waals surface area contributed by atoms with Crippen LogP contribution in [0.1, 0.15) is 46.9 Å². The summed E-state index contributed by atoms with van der Waals surface area (Å²) >= 11 is 0. The fourth-order valence-electron chi connectivity index (χ4n) is 5.61. The van der Waals surface area contributed by atoms with Crippen molar-refractivity contribution in [2.45, 2.75) is 32.6 Å². The van der Waals surface area contributed by atoms with Gasteiger partial charge in [-0.1, -0.05) is 66.7 Å². The van der Waals surface area contributed by atoms with Crippen molar-refractivity contribution in [2.75, 3.05) is 25.5 Å². The molecule has 1 atom stereocenters. The van der Waals surface area contributed by atoms with Gasteiger partial charge in [-0.3, -0.25) is 14.5 Å². The van der Waals surface area contributed by atoms with Crippen LogP contribution >= 0.6 is 0 Å². The number of anilines is 1. The number of halogens is 3. The minimum atomic E-state index is -4.44. The molecule has 46 heavy (non-hydrogen) atoms. The van der Waals surface area contributed by atoms with Gasteiger partial charge in [-0.25, -0.2) is 4.98 Å². The molecule has 0 spiro atoms. The van der Waals surface area contributed by atoms with E-state index in [2.05, 4.69) is 10.3 Å². The maximum atomic E-state index is 13.5. The smallest absolute Gasteiger partial charge is 0.342 e. The van der Waals surface area contributed by atoms with Crippen molar-refractivity contribution in [3.05, 3.63) is 131 Å². The van der Waals surface area contributed by atoms with Crippen molar-refractivity contribution < 1.29 is 22.8 Å². The highest BCUT2D eigenvalue weighted by molar-refractivity contribution is 6.08. The van der Waals surface area contributed by atoms with Crippen LogP contribution in [-0.2, 0) is 17.5 Å². The zero-order valence-corrected chi connectivity index (χ0v) is 25.9. The second kappa shape index (κ2) is 14.0. The predicted molar refractivity (Wildman–Crippen MR) is 175 cm³/mol. The van der Waals surface area contributed by atoms with Gasteiger partial charge in [-0.2, -0.15) is 13.2 Å². The maximum absolute atomic E-state index is 13.5. The molecule has 0 aliphatic heterocycles. The van der Waals surface area contributed by atoms with E-state index in [1.165, 1.54) is 12.1 Å². The van der Waals surface area contributed by atoms with Crippen LogP contribution in [0.3, 0.4) is 0 Å². The number of alkyl halides is 3. The van der Waals surface area contributed by atoms with Crippen LogP contribution in [0.4, 0.5) is 19.0 Å². The van der Waals surface area contributed by atoms with E-state index in [0.717, 1.165) is 28.6 Å². The molecule has 0 saturated heterocycles. The van der Waals surface area contributed by atoms with Gasteiger partial charge in [0.25, 0.3) is 5.91 Å². The Labute approximate surface area is 266 Å². The lowest BCUT2D eigenvalue weighted by molar-refractivity contribution is -0.138. The summed E-state index contributed by atoms with van der Waals surface area (Å²) in [5.74, 6) is -0.0228. The van der Waals surface area contributed by atoms with Crippen molar-refractivity contribution in [1.82, 2.24) is 14.8 Å². The summed E-state index contributed by atoms with van der Waals surface area (Å²) in [4.78, 5) is 35.4. The van der Waals surface area contributed by atoms with Crippen molar-refractivity contribution >= 4 is 28.5 Å². The molecule has 0 saturated carbocycles. The normalized spacial score (nSPS) is 12.2. The zero-order valence-electron chi connectivity index (χ0n) is 25.9. The lowest BCUT2D eigenvalue weighted by Crippen LogP contribution is -2.41. The Morgan fingerprint density at radius 2 is 1.50 bits per heavy atom. The third kappa shape index (κ3) is 7.26. The topological polar surface area (TPSA) is 65.5 Å². The van der Waals surface area contributed by atoms with Crippen LogP contribution in [0.15, 0.2) is 109 Å². The molecule has 1 aromatic heterocycles. The van der Waals surface area contributed by atoms with Gasteiger partial charge >= 0.3 is 6.18 Å². The van der Waals surface area contributed by atoms with Gasteiger partial charge in [0, 0.05) is 30.6 Å². The summed E-state index contributed by atoms with van der Waals surface area (Å²) in [6.45, 7) is 5.76. The van der Waals surface area contributed by atoms with Crippen LogP contribution in [0.2, 0.25) is 0 Å². The van der Waals surface area contributed by atoms with Crippen LogP contribution in [-0.4, -0.2) is 46.7 Å². The first-order valence-electron chi connectivity index (χ1n) is 15.1. The van der Waals surface area contributed by atoms with Crippen LogP contribution in [0.5, 0.6) is 0 Å². The average molecular weight is 625 g/mol. The number of fused-ring (bicyclic) bond motifs is 1. The number of carbonyl (C=O) groups excluding carboxylic acids is 2. The van der Waals surface area contributed by atoms with E-state index < -0.39 is 23.7 Å². The van der Waals surface area contributed by atoms with Crippen molar-refractivity contribution in [3.8, 4) is 11.1 Å². The number of aromatic nitrogens is 1. The number of hydrogen-bond donors (Lipinski definition) is 1. The lowest BCUT2D eigenvalue weighted by atomic mass is 9.98. The third-order valence-electron chi connectivity index (χ3n) is 7.99. The number of benzene rings is 4. The van der Waals surface area contributed by atoms with Crippen molar-refractivity contribution in [3.63, 3.8) is 0 Å². The second-order valence-electron chi connectivity index (χ2n) is 11.0. The molecule has 4 aromatic carbocycles. The first-order chi connectivity index (χ1) is 22.1. The molecule has 5 rings (SSSR count). The number of nitrogens with zero attached hydrogens (tertiary/aromatic N) is 3. The SMILES string of the molecule is CCN(CC)C(=O)[C@H](c1ccccc1)N(C)Cc1ccc2nc(NC(=O)c3ccccc3-c3ccc(C(F)(F)F)cc3)ccc2c1. The molecule has 0 fully saturated rings. The summed E-state index contributed by atoms with van der Waals surface area (Å²) in [7, 11) is 1.95. The van der Waals surface area contributed by atoms with E-state index in [1.54, 1.807) is 30.3 Å². The second-order valence-corrected chi connectivity index (χ2v) is 11.0. The molecule has 0 radical (unpaired) electrons. The first-order valence-corrected chi connectivity index (χ1v) is 15.1. The molecule has 1 N–H and O–H groups in total. The van der Waals surface area contributed by atoms with E-state index in [-0.39, 0.29) is 5.91 Å². The first kappa shape index (κ1) is 32.4. The highest BCUT2D eigenvalue weighted by atomic mass is 19.4. The van der Waals surface area contributed by atoms with E-state index in [1.807, 2.05) is 85.3 Å². The molecule has 0 aliphatic rings. The van der Waals surface area contributed by atoms with E-state index >= 15 is 0 Å². The summed E-state index contributed by atoms with van der Waals surface area (Å²) in [6, 6.07) is 30.3. The van der Waals surface area contributed by atoms with Gasteiger partial charge in [0.05, 0.1) is 11.1 Å². The number of rotatable bonds is 10. The van der Waals surface area contributed by atoms with Gasteiger partial charge in [-0.15, -0.1) is 0 Å². The van der Waals surface area contributed by atoms with Gasteiger partial charge in [-0.05, 0) is 85.6 Å². The Balaban J connectivity index is 1.33. The highest BCUT2D eigenvalue weighted by Gasteiger charge is 2.30. The number of pyridine rings is 1. The van der Waals surface area contributed by atoms with Gasteiger partial charge < -0.3 is 10.2 Å². The fraction of sp³-hybridized carbons (Fsp3) is 0.216. The number of nitrogens with one attached hydrogen (secondary N) is 1. The fourth-order valence-corrected chi connectivity index (χ4v) is 5.61. The van der Waals surface area contributed by atoms with Gasteiger partial charge in [0.1, 0.15) is 11.9 Å². The minimum absolute atomic E-state index is 0.0569. The molecule has 6 nitrogen and oxygen atoms in total. The molecule has 9 heteroatoms. The van der Waals surface area contributed by atoms with Gasteiger partial charge in [0.15, 0.2) is 0 Å². The number of amides is 2. The van der Waals surface area contributed by atoms with Crippen molar-refractivity contribution in [2.24, 2.45) is 0 Å². The highest BCUT2D eigenvalue weighted by Crippen LogP contribution is 2.32. The summed E-state index contributed by atoms with van der Waals surface area (Å²) in [6.07, 6.45) is -4.44.